The van der Waals surface area contributed by atoms with Gasteiger partial charge in [0, 0.05) is 17.8 Å². The summed E-state index contributed by atoms with van der Waals surface area (Å²) in [5.74, 6) is 0. The summed E-state index contributed by atoms with van der Waals surface area (Å²) >= 11 is 0. The number of anilines is 1. The zero-order chi connectivity index (χ0) is 16.0. The number of alkyl halides is 3. The highest BCUT2D eigenvalue weighted by molar-refractivity contribution is 5.55. The van der Waals surface area contributed by atoms with E-state index < -0.39 is 22.4 Å². The van der Waals surface area contributed by atoms with Gasteiger partial charge in [0.05, 0.1) is 4.92 Å². The fourth-order valence-corrected chi connectivity index (χ4v) is 2.07. The number of nitrogens with zero attached hydrogens (tertiary/aromatic N) is 1. The highest BCUT2D eigenvalue weighted by atomic mass is 19.4. The number of nitro groups is 1. The minimum Gasteiger partial charge on any atom is -0.383 e. The van der Waals surface area contributed by atoms with Gasteiger partial charge in [-0.3, -0.25) is 10.1 Å². The van der Waals surface area contributed by atoms with Gasteiger partial charge in [-0.2, -0.15) is 13.2 Å². The van der Waals surface area contributed by atoms with Crippen molar-refractivity contribution >= 4 is 11.4 Å². The normalized spacial score (nSPS) is 13.0. The van der Waals surface area contributed by atoms with Crippen LogP contribution < -0.4 is 5.32 Å². The third kappa shape index (κ3) is 5.24. The van der Waals surface area contributed by atoms with E-state index >= 15 is 0 Å². The number of benzene rings is 1. The SMILES string of the molecule is CCCCCC(C)Nc1ccc([N+](=O)[O-])c(C(F)(F)F)c1. The Morgan fingerprint density at radius 3 is 2.52 bits per heavy atom. The predicted molar refractivity (Wildman–Crippen MR) is 75.3 cm³/mol. The molecule has 21 heavy (non-hydrogen) atoms. The molecule has 118 valence electrons. The number of hydrogen-bond acceptors (Lipinski definition) is 3. The molecule has 0 saturated carbocycles. The molecule has 0 aromatic heterocycles. The molecule has 0 spiro atoms. The smallest absolute Gasteiger partial charge is 0.383 e. The first-order chi connectivity index (χ1) is 9.75. The molecule has 1 atom stereocenters. The van der Waals surface area contributed by atoms with Crippen molar-refractivity contribution in [3.8, 4) is 0 Å². The van der Waals surface area contributed by atoms with E-state index in [0.717, 1.165) is 37.8 Å². The third-order valence-corrected chi connectivity index (χ3v) is 3.15. The molecule has 4 nitrogen and oxygen atoms in total. The second-order valence-electron chi connectivity index (χ2n) is 5.03. The second kappa shape index (κ2) is 7.28. The lowest BCUT2D eigenvalue weighted by Gasteiger charge is -2.16. The van der Waals surface area contributed by atoms with E-state index in [2.05, 4.69) is 12.2 Å². The van der Waals surface area contributed by atoms with Crippen LogP contribution in [-0.4, -0.2) is 11.0 Å². The molecule has 0 bridgehead atoms. The Morgan fingerprint density at radius 2 is 2.00 bits per heavy atom. The number of hydrogen-bond donors (Lipinski definition) is 1. The van der Waals surface area contributed by atoms with Crippen LogP contribution in [-0.2, 0) is 6.18 Å². The summed E-state index contributed by atoms with van der Waals surface area (Å²) in [6.07, 6.45) is -0.774. The first-order valence-corrected chi connectivity index (χ1v) is 6.88. The largest absolute Gasteiger partial charge is 0.423 e. The van der Waals surface area contributed by atoms with Gasteiger partial charge in [-0.15, -0.1) is 0 Å². The van der Waals surface area contributed by atoms with E-state index in [1.807, 2.05) is 6.92 Å². The van der Waals surface area contributed by atoms with Crippen LogP contribution in [0.2, 0.25) is 0 Å². The Labute approximate surface area is 121 Å². The molecule has 1 unspecified atom stereocenters. The first kappa shape index (κ1) is 17.3. The van der Waals surface area contributed by atoms with Crippen LogP contribution in [0.15, 0.2) is 18.2 Å². The standard InChI is InChI=1S/C14H19F3N2O2/c1-3-4-5-6-10(2)18-11-7-8-13(19(20)21)12(9-11)14(15,16)17/h7-10,18H,3-6H2,1-2H3. The molecule has 0 aliphatic heterocycles. The fourth-order valence-electron chi connectivity index (χ4n) is 2.07. The Bertz CT molecular complexity index is 490. The van der Waals surface area contributed by atoms with Gasteiger partial charge in [0.25, 0.3) is 5.69 Å². The van der Waals surface area contributed by atoms with Crippen molar-refractivity contribution in [2.45, 2.75) is 51.7 Å². The average molecular weight is 304 g/mol. The average Bonchev–Trinajstić information content (AvgIpc) is 2.37. The van der Waals surface area contributed by atoms with Gasteiger partial charge in [0.1, 0.15) is 5.56 Å². The van der Waals surface area contributed by atoms with E-state index in [1.54, 1.807) is 0 Å². The molecular weight excluding hydrogens is 285 g/mol. The maximum atomic E-state index is 12.8. The molecule has 1 N–H and O–H groups in total. The molecule has 1 aromatic rings. The highest BCUT2D eigenvalue weighted by Crippen LogP contribution is 2.37. The molecule has 0 aliphatic carbocycles. The minimum atomic E-state index is -4.74. The fraction of sp³-hybridized carbons (Fsp3) is 0.571. The summed E-state index contributed by atoms with van der Waals surface area (Å²) in [7, 11) is 0. The number of rotatable bonds is 7. The predicted octanol–water partition coefficient (Wildman–Crippen LogP) is 4.99. The van der Waals surface area contributed by atoms with Gasteiger partial charge >= 0.3 is 6.18 Å². The molecule has 7 heteroatoms. The van der Waals surface area contributed by atoms with Crippen LogP contribution in [0.5, 0.6) is 0 Å². The van der Waals surface area contributed by atoms with Crippen molar-refractivity contribution in [3.05, 3.63) is 33.9 Å². The molecule has 0 amide bonds. The van der Waals surface area contributed by atoms with E-state index in [-0.39, 0.29) is 11.7 Å². The van der Waals surface area contributed by atoms with Crippen molar-refractivity contribution in [1.29, 1.82) is 0 Å². The molecule has 0 radical (unpaired) electrons. The van der Waals surface area contributed by atoms with E-state index in [0.29, 0.717) is 0 Å². The Morgan fingerprint density at radius 1 is 1.33 bits per heavy atom. The maximum absolute atomic E-state index is 12.8. The van der Waals surface area contributed by atoms with Crippen molar-refractivity contribution < 1.29 is 18.1 Å². The number of nitro benzene ring substituents is 1. The zero-order valence-corrected chi connectivity index (χ0v) is 12.0. The number of nitrogens with one attached hydrogen (secondary N) is 1. The summed E-state index contributed by atoms with van der Waals surface area (Å²) < 4.78 is 38.5. The van der Waals surface area contributed by atoms with Gasteiger partial charge in [0.2, 0.25) is 0 Å². The van der Waals surface area contributed by atoms with Crippen molar-refractivity contribution in [2.24, 2.45) is 0 Å². The monoisotopic (exact) mass is 304 g/mol. The molecule has 0 fully saturated rings. The minimum absolute atomic E-state index is 0.0130. The first-order valence-electron chi connectivity index (χ1n) is 6.88. The van der Waals surface area contributed by atoms with Crippen molar-refractivity contribution in [2.75, 3.05) is 5.32 Å². The lowest BCUT2D eigenvalue weighted by Crippen LogP contribution is -2.16. The van der Waals surface area contributed by atoms with Crippen LogP contribution in [0.25, 0.3) is 0 Å². The van der Waals surface area contributed by atoms with Gasteiger partial charge in [-0.05, 0) is 25.5 Å². The summed E-state index contributed by atoms with van der Waals surface area (Å²) in [6.45, 7) is 3.95. The van der Waals surface area contributed by atoms with E-state index in [1.165, 1.54) is 6.07 Å². The molecule has 0 saturated heterocycles. The van der Waals surface area contributed by atoms with Crippen LogP contribution in [0.1, 0.15) is 45.1 Å². The molecule has 0 heterocycles. The Kier molecular flexibility index (Phi) is 5.99. The zero-order valence-electron chi connectivity index (χ0n) is 12.0. The van der Waals surface area contributed by atoms with E-state index in [4.69, 9.17) is 0 Å². The highest BCUT2D eigenvalue weighted by Gasteiger charge is 2.38. The van der Waals surface area contributed by atoms with Crippen molar-refractivity contribution in [1.82, 2.24) is 0 Å². The number of halogens is 3. The summed E-state index contributed by atoms with van der Waals surface area (Å²) in [4.78, 5) is 9.64. The van der Waals surface area contributed by atoms with Crippen molar-refractivity contribution in [3.63, 3.8) is 0 Å². The van der Waals surface area contributed by atoms with Gasteiger partial charge in [-0.1, -0.05) is 26.2 Å². The molecule has 1 aromatic carbocycles. The summed E-state index contributed by atoms with van der Waals surface area (Å²) in [6, 6.07) is 3.02. The third-order valence-electron chi connectivity index (χ3n) is 3.15. The summed E-state index contributed by atoms with van der Waals surface area (Å²) in [5, 5.41) is 13.6. The number of unbranched alkanes of at least 4 members (excludes halogenated alkanes) is 2. The van der Waals surface area contributed by atoms with Crippen LogP contribution >= 0.6 is 0 Å². The Balaban J connectivity index is 2.88. The van der Waals surface area contributed by atoms with Crippen LogP contribution in [0.4, 0.5) is 24.5 Å². The topological polar surface area (TPSA) is 55.2 Å². The van der Waals surface area contributed by atoms with Crippen LogP contribution in [0, 0.1) is 10.1 Å². The van der Waals surface area contributed by atoms with Gasteiger partial charge in [-0.25, -0.2) is 0 Å². The van der Waals surface area contributed by atoms with E-state index in [9.17, 15) is 23.3 Å². The van der Waals surface area contributed by atoms with Crippen LogP contribution in [0.3, 0.4) is 0 Å². The quantitative estimate of drug-likeness (QED) is 0.438. The van der Waals surface area contributed by atoms with Gasteiger partial charge < -0.3 is 5.32 Å². The lowest BCUT2D eigenvalue weighted by molar-refractivity contribution is -0.388. The lowest BCUT2D eigenvalue weighted by atomic mass is 10.1. The summed E-state index contributed by atoms with van der Waals surface area (Å²) in [5.41, 5.74) is -1.90. The molecule has 0 aliphatic rings. The van der Waals surface area contributed by atoms with Gasteiger partial charge in [0.15, 0.2) is 0 Å². The maximum Gasteiger partial charge on any atom is 0.423 e. The Hall–Kier alpha value is -1.79. The second-order valence-corrected chi connectivity index (χ2v) is 5.03. The molecular formula is C14H19F3N2O2. The molecule has 1 rings (SSSR count).